The standard InChI is InChI=1S/C6H8BNO2/c1-5-4-6(10-7-9)2-3-8-5/h2-4,7,9H,1H3. The highest BCUT2D eigenvalue weighted by atomic mass is 16.5. The summed E-state index contributed by atoms with van der Waals surface area (Å²) in [4.78, 5) is 3.96. The van der Waals surface area contributed by atoms with Gasteiger partial charge in [0.2, 0.25) is 0 Å². The summed E-state index contributed by atoms with van der Waals surface area (Å²) < 4.78 is 4.80. The third-order valence-electron chi connectivity index (χ3n) is 1.10. The highest BCUT2D eigenvalue weighted by molar-refractivity contribution is 6.17. The van der Waals surface area contributed by atoms with E-state index in [0.717, 1.165) is 5.69 Å². The predicted molar refractivity (Wildman–Crippen MR) is 39.0 cm³/mol. The first kappa shape index (κ1) is 7.09. The molecule has 0 aliphatic heterocycles. The lowest BCUT2D eigenvalue weighted by Gasteiger charge is -2.00. The second kappa shape index (κ2) is 3.22. The van der Waals surface area contributed by atoms with Crippen LogP contribution in [0.4, 0.5) is 0 Å². The van der Waals surface area contributed by atoms with Crippen LogP contribution in [0.2, 0.25) is 0 Å². The molecule has 1 aromatic rings. The van der Waals surface area contributed by atoms with Crippen LogP contribution in [0.1, 0.15) is 5.69 Å². The van der Waals surface area contributed by atoms with Gasteiger partial charge in [0, 0.05) is 11.9 Å². The first-order valence-electron chi connectivity index (χ1n) is 2.99. The molecular weight excluding hydrogens is 129 g/mol. The van der Waals surface area contributed by atoms with Gasteiger partial charge in [0.15, 0.2) is 0 Å². The van der Waals surface area contributed by atoms with Crippen LogP contribution in [0.25, 0.3) is 0 Å². The van der Waals surface area contributed by atoms with Crippen LogP contribution in [0.3, 0.4) is 0 Å². The van der Waals surface area contributed by atoms with Gasteiger partial charge in [0.25, 0.3) is 0 Å². The van der Waals surface area contributed by atoms with E-state index >= 15 is 0 Å². The molecule has 1 rings (SSSR count). The molecule has 3 nitrogen and oxygen atoms in total. The van der Waals surface area contributed by atoms with Gasteiger partial charge in [-0.2, -0.15) is 0 Å². The predicted octanol–water partition coefficient (Wildman–Crippen LogP) is 0.0276. The number of aromatic nitrogens is 1. The van der Waals surface area contributed by atoms with E-state index in [1.807, 2.05) is 6.92 Å². The van der Waals surface area contributed by atoms with Crippen LogP contribution < -0.4 is 4.65 Å². The summed E-state index contributed by atoms with van der Waals surface area (Å²) in [6, 6.07) is 3.46. The van der Waals surface area contributed by atoms with Gasteiger partial charge in [-0.3, -0.25) is 4.98 Å². The van der Waals surface area contributed by atoms with Crippen LogP contribution in [0, 0.1) is 6.92 Å². The van der Waals surface area contributed by atoms with Crippen molar-refractivity contribution in [3.8, 4) is 5.75 Å². The highest BCUT2D eigenvalue weighted by Gasteiger charge is 1.92. The quantitative estimate of drug-likeness (QED) is 0.584. The maximum atomic E-state index is 8.37. The topological polar surface area (TPSA) is 42.4 Å². The summed E-state index contributed by atoms with van der Waals surface area (Å²) in [5.74, 6) is 0.648. The first-order valence-corrected chi connectivity index (χ1v) is 2.99. The number of hydrogen-bond donors (Lipinski definition) is 1. The van der Waals surface area contributed by atoms with E-state index in [9.17, 15) is 0 Å². The van der Waals surface area contributed by atoms with Crippen molar-refractivity contribution in [3.63, 3.8) is 0 Å². The van der Waals surface area contributed by atoms with Crippen LogP contribution in [0.15, 0.2) is 18.3 Å². The average Bonchev–Trinajstić information content (AvgIpc) is 1.88. The number of pyridine rings is 1. The Hall–Kier alpha value is -1.03. The third kappa shape index (κ3) is 1.74. The zero-order chi connectivity index (χ0) is 7.40. The average molecular weight is 137 g/mol. The van der Waals surface area contributed by atoms with Crippen molar-refractivity contribution in [1.29, 1.82) is 0 Å². The lowest BCUT2D eigenvalue weighted by atomic mass is 10.3. The Morgan fingerprint density at radius 3 is 3.10 bits per heavy atom. The summed E-state index contributed by atoms with van der Waals surface area (Å²) in [7, 11) is -0.288. The minimum absolute atomic E-state index is 0.288. The second-order valence-corrected chi connectivity index (χ2v) is 1.91. The second-order valence-electron chi connectivity index (χ2n) is 1.91. The minimum atomic E-state index is -0.288. The molecule has 0 aromatic carbocycles. The Morgan fingerprint density at radius 2 is 2.50 bits per heavy atom. The molecular formula is C6H8BNO2. The molecule has 0 aliphatic rings. The van der Waals surface area contributed by atoms with Gasteiger partial charge in [-0.05, 0) is 19.1 Å². The van der Waals surface area contributed by atoms with E-state index in [2.05, 4.69) is 4.98 Å². The molecule has 4 heteroatoms. The van der Waals surface area contributed by atoms with Crippen LogP contribution in [0.5, 0.6) is 5.75 Å². The van der Waals surface area contributed by atoms with Gasteiger partial charge in [-0.25, -0.2) is 0 Å². The van der Waals surface area contributed by atoms with Crippen LogP contribution in [-0.2, 0) is 0 Å². The van der Waals surface area contributed by atoms with E-state index in [1.54, 1.807) is 18.3 Å². The number of nitrogens with zero attached hydrogens (tertiary/aromatic N) is 1. The van der Waals surface area contributed by atoms with Gasteiger partial charge >= 0.3 is 7.69 Å². The van der Waals surface area contributed by atoms with Crippen LogP contribution >= 0.6 is 0 Å². The number of aryl methyl sites for hydroxylation is 1. The molecule has 10 heavy (non-hydrogen) atoms. The molecule has 0 atom stereocenters. The fourth-order valence-electron chi connectivity index (χ4n) is 0.684. The minimum Gasteiger partial charge on any atom is -0.539 e. The van der Waals surface area contributed by atoms with Crippen molar-refractivity contribution in [2.45, 2.75) is 6.92 Å². The summed E-state index contributed by atoms with van der Waals surface area (Å²) in [5, 5.41) is 8.37. The summed E-state index contributed by atoms with van der Waals surface area (Å²) in [6.45, 7) is 1.87. The monoisotopic (exact) mass is 137 g/mol. The van der Waals surface area contributed by atoms with Crippen molar-refractivity contribution < 1.29 is 9.68 Å². The van der Waals surface area contributed by atoms with E-state index in [-0.39, 0.29) is 7.69 Å². The van der Waals surface area contributed by atoms with Crippen molar-refractivity contribution in [2.75, 3.05) is 0 Å². The SMILES string of the molecule is Cc1cc(OBO)ccn1. The Balaban J connectivity index is 2.75. The largest absolute Gasteiger partial charge is 0.539 e. The molecule has 0 fully saturated rings. The molecule has 0 aliphatic carbocycles. The Morgan fingerprint density at radius 1 is 1.70 bits per heavy atom. The van der Waals surface area contributed by atoms with Crippen molar-refractivity contribution in [2.24, 2.45) is 0 Å². The van der Waals surface area contributed by atoms with Gasteiger partial charge in [-0.15, -0.1) is 0 Å². The Kier molecular flexibility index (Phi) is 2.28. The zero-order valence-electron chi connectivity index (χ0n) is 5.74. The zero-order valence-corrected chi connectivity index (χ0v) is 5.74. The molecule has 0 bridgehead atoms. The molecule has 0 amide bonds. The normalized spacial score (nSPS) is 9.00. The van der Waals surface area contributed by atoms with Gasteiger partial charge < -0.3 is 9.68 Å². The Labute approximate surface area is 60.0 Å². The molecule has 1 N–H and O–H groups in total. The fourth-order valence-corrected chi connectivity index (χ4v) is 0.684. The smallest absolute Gasteiger partial charge is 0.504 e. The van der Waals surface area contributed by atoms with Crippen molar-refractivity contribution in [3.05, 3.63) is 24.0 Å². The van der Waals surface area contributed by atoms with E-state index < -0.39 is 0 Å². The van der Waals surface area contributed by atoms with Gasteiger partial charge in [0.1, 0.15) is 5.75 Å². The first-order chi connectivity index (χ1) is 4.83. The number of rotatable bonds is 2. The van der Waals surface area contributed by atoms with E-state index in [4.69, 9.17) is 9.68 Å². The van der Waals surface area contributed by atoms with E-state index in [0.29, 0.717) is 5.75 Å². The molecule has 0 unspecified atom stereocenters. The van der Waals surface area contributed by atoms with Crippen LogP contribution in [-0.4, -0.2) is 17.7 Å². The summed E-state index contributed by atoms with van der Waals surface area (Å²) >= 11 is 0. The Bertz CT molecular complexity index is 217. The van der Waals surface area contributed by atoms with Crippen molar-refractivity contribution >= 4 is 7.69 Å². The lowest BCUT2D eigenvalue weighted by molar-refractivity contribution is 0.453. The van der Waals surface area contributed by atoms with Gasteiger partial charge in [0.05, 0.1) is 0 Å². The van der Waals surface area contributed by atoms with Crippen molar-refractivity contribution in [1.82, 2.24) is 4.98 Å². The molecule has 0 spiro atoms. The maximum Gasteiger partial charge on any atom is 0.504 e. The molecule has 1 aromatic heterocycles. The highest BCUT2D eigenvalue weighted by Crippen LogP contribution is 2.08. The third-order valence-corrected chi connectivity index (χ3v) is 1.10. The lowest BCUT2D eigenvalue weighted by Crippen LogP contribution is -1.99. The van der Waals surface area contributed by atoms with Gasteiger partial charge in [-0.1, -0.05) is 0 Å². The summed E-state index contributed by atoms with van der Waals surface area (Å²) in [6.07, 6.45) is 1.64. The summed E-state index contributed by atoms with van der Waals surface area (Å²) in [5.41, 5.74) is 0.881. The molecule has 0 radical (unpaired) electrons. The number of hydrogen-bond acceptors (Lipinski definition) is 3. The molecule has 52 valence electrons. The maximum absolute atomic E-state index is 8.37. The molecule has 0 saturated heterocycles. The molecule has 0 saturated carbocycles. The molecule has 1 heterocycles. The fraction of sp³-hybridized carbons (Fsp3) is 0.167. The van der Waals surface area contributed by atoms with E-state index in [1.165, 1.54) is 0 Å².